The molecule has 1 aromatic carbocycles. The lowest BCUT2D eigenvalue weighted by Crippen LogP contribution is -2.52. The van der Waals surface area contributed by atoms with Gasteiger partial charge >= 0.3 is 5.97 Å². The first-order valence-corrected chi connectivity index (χ1v) is 12.4. The summed E-state index contributed by atoms with van der Waals surface area (Å²) in [6.45, 7) is 7.59. The summed E-state index contributed by atoms with van der Waals surface area (Å²) in [5.74, 6) is -2.32. The van der Waals surface area contributed by atoms with Crippen molar-refractivity contribution >= 4 is 27.8 Å². The van der Waals surface area contributed by atoms with Crippen molar-refractivity contribution in [1.82, 2.24) is 14.9 Å². The standard InChI is InChI=1S/C22H33N3O6S/c1-5-15(3)19(22(28)29)23-20(26)17-10-12-25(13-11-17)21(27)16(4)24-32(30,31)18-8-6-14(2)7-9-18/h6-9,15-17,19,24H,5,10-13H2,1-4H3,(H,23,26)(H,28,29)/t15-,16-,19+/m0/s1. The molecule has 0 aliphatic carbocycles. The summed E-state index contributed by atoms with van der Waals surface area (Å²) in [5.41, 5.74) is 0.929. The van der Waals surface area contributed by atoms with Crippen LogP contribution in [0.5, 0.6) is 0 Å². The van der Waals surface area contributed by atoms with E-state index in [2.05, 4.69) is 10.0 Å². The van der Waals surface area contributed by atoms with Gasteiger partial charge in [0.1, 0.15) is 6.04 Å². The fourth-order valence-corrected chi connectivity index (χ4v) is 4.86. The first kappa shape index (κ1) is 25.8. The van der Waals surface area contributed by atoms with Crippen molar-refractivity contribution in [3.63, 3.8) is 0 Å². The Morgan fingerprint density at radius 1 is 1.12 bits per heavy atom. The number of carbonyl (C=O) groups is 3. The quantitative estimate of drug-likeness (QED) is 0.504. The number of nitrogens with zero attached hydrogens (tertiary/aromatic N) is 1. The summed E-state index contributed by atoms with van der Waals surface area (Å²) < 4.78 is 27.5. The maximum Gasteiger partial charge on any atom is 0.326 e. The second-order valence-electron chi connectivity index (χ2n) is 8.47. The van der Waals surface area contributed by atoms with Crippen LogP contribution in [0.1, 0.15) is 45.6 Å². The van der Waals surface area contributed by atoms with Crippen LogP contribution in [0, 0.1) is 18.8 Å². The van der Waals surface area contributed by atoms with Crippen LogP contribution in [-0.4, -0.2) is 61.4 Å². The van der Waals surface area contributed by atoms with Gasteiger partial charge in [-0.05, 0) is 44.7 Å². The van der Waals surface area contributed by atoms with E-state index in [1.165, 1.54) is 24.0 Å². The Hall–Kier alpha value is -2.46. The molecule has 1 aliphatic heterocycles. The lowest BCUT2D eigenvalue weighted by atomic mass is 9.93. The minimum atomic E-state index is -3.83. The second-order valence-corrected chi connectivity index (χ2v) is 10.2. The molecule has 32 heavy (non-hydrogen) atoms. The van der Waals surface area contributed by atoms with E-state index in [9.17, 15) is 27.9 Å². The van der Waals surface area contributed by atoms with Crippen molar-refractivity contribution in [1.29, 1.82) is 0 Å². The van der Waals surface area contributed by atoms with E-state index in [-0.39, 0.29) is 28.5 Å². The molecule has 1 aromatic rings. The van der Waals surface area contributed by atoms with Crippen LogP contribution in [0.2, 0.25) is 0 Å². The number of hydrogen-bond acceptors (Lipinski definition) is 5. The zero-order valence-electron chi connectivity index (χ0n) is 19.0. The van der Waals surface area contributed by atoms with E-state index >= 15 is 0 Å². The zero-order valence-corrected chi connectivity index (χ0v) is 19.8. The molecule has 1 saturated heterocycles. The number of sulfonamides is 1. The molecule has 0 radical (unpaired) electrons. The van der Waals surface area contributed by atoms with Gasteiger partial charge in [0.2, 0.25) is 21.8 Å². The number of carboxylic acids is 1. The normalized spacial score (nSPS) is 17.9. The molecule has 0 unspecified atom stereocenters. The highest BCUT2D eigenvalue weighted by Gasteiger charge is 2.33. The highest BCUT2D eigenvalue weighted by atomic mass is 32.2. The van der Waals surface area contributed by atoms with Crippen LogP contribution in [0.4, 0.5) is 0 Å². The fourth-order valence-electron chi connectivity index (χ4n) is 3.66. The maximum atomic E-state index is 12.8. The van der Waals surface area contributed by atoms with Gasteiger partial charge in [0.05, 0.1) is 10.9 Å². The van der Waals surface area contributed by atoms with E-state index in [1.54, 1.807) is 19.1 Å². The molecular formula is C22H33N3O6S. The van der Waals surface area contributed by atoms with Gasteiger partial charge in [-0.1, -0.05) is 38.0 Å². The SMILES string of the molecule is CC[C@H](C)[C@@H](NC(=O)C1CCN(C(=O)[C@H](C)NS(=O)(=O)c2ccc(C)cc2)CC1)C(=O)O. The Balaban J connectivity index is 1.91. The first-order chi connectivity index (χ1) is 15.0. The smallest absolute Gasteiger partial charge is 0.326 e. The van der Waals surface area contributed by atoms with Crippen molar-refractivity contribution in [2.24, 2.45) is 11.8 Å². The molecule has 2 amide bonds. The number of likely N-dealkylation sites (tertiary alicyclic amines) is 1. The third-order valence-corrected chi connectivity index (χ3v) is 7.54. The molecule has 10 heteroatoms. The number of rotatable bonds is 9. The molecule has 0 aromatic heterocycles. The molecule has 0 saturated carbocycles. The Bertz CT molecular complexity index is 923. The largest absolute Gasteiger partial charge is 0.480 e. The van der Waals surface area contributed by atoms with Gasteiger partial charge in [0.15, 0.2) is 0 Å². The van der Waals surface area contributed by atoms with Gasteiger partial charge in [0, 0.05) is 19.0 Å². The molecule has 0 bridgehead atoms. The molecule has 178 valence electrons. The lowest BCUT2D eigenvalue weighted by Gasteiger charge is -2.33. The van der Waals surface area contributed by atoms with Gasteiger partial charge in [-0.25, -0.2) is 13.2 Å². The van der Waals surface area contributed by atoms with E-state index in [0.29, 0.717) is 32.4 Å². The van der Waals surface area contributed by atoms with Crippen molar-refractivity contribution in [2.75, 3.05) is 13.1 Å². The van der Waals surface area contributed by atoms with Crippen LogP contribution in [-0.2, 0) is 24.4 Å². The van der Waals surface area contributed by atoms with Gasteiger partial charge in [-0.3, -0.25) is 9.59 Å². The third-order valence-electron chi connectivity index (χ3n) is 5.99. The van der Waals surface area contributed by atoms with E-state index < -0.39 is 28.1 Å². The Morgan fingerprint density at radius 3 is 2.19 bits per heavy atom. The summed E-state index contributed by atoms with van der Waals surface area (Å²) in [6, 6.07) is 4.46. The highest BCUT2D eigenvalue weighted by Crippen LogP contribution is 2.20. The Kier molecular flexibility index (Phi) is 8.80. The van der Waals surface area contributed by atoms with Gasteiger partial charge in [0.25, 0.3) is 0 Å². The number of nitrogens with one attached hydrogen (secondary N) is 2. The van der Waals surface area contributed by atoms with Crippen LogP contribution < -0.4 is 10.0 Å². The maximum absolute atomic E-state index is 12.8. The highest BCUT2D eigenvalue weighted by molar-refractivity contribution is 7.89. The van der Waals surface area contributed by atoms with Crippen LogP contribution >= 0.6 is 0 Å². The summed E-state index contributed by atoms with van der Waals surface area (Å²) in [6.07, 6.45) is 1.41. The van der Waals surface area contributed by atoms with Crippen molar-refractivity contribution in [3.05, 3.63) is 29.8 Å². The minimum absolute atomic E-state index is 0.0902. The molecule has 2 rings (SSSR count). The third kappa shape index (κ3) is 6.52. The second kappa shape index (κ2) is 10.9. The molecule has 1 heterocycles. The van der Waals surface area contributed by atoms with E-state index in [1.807, 2.05) is 13.8 Å². The molecular weight excluding hydrogens is 434 g/mol. The van der Waals surface area contributed by atoms with Gasteiger partial charge < -0.3 is 15.3 Å². The number of piperidine rings is 1. The first-order valence-electron chi connectivity index (χ1n) is 10.9. The molecule has 3 N–H and O–H groups in total. The number of aliphatic carboxylic acids is 1. The molecule has 9 nitrogen and oxygen atoms in total. The average Bonchev–Trinajstić information content (AvgIpc) is 2.76. The average molecular weight is 468 g/mol. The van der Waals surface area contributed by atoms with E-state index in [4.69, 9.17) is 0 Å². The molecule has 1 aliphatic rings. The lowest BCUT2D eigenvalue weighted by molar-refractivity contribution is -0.144. The summed E-state index contributed by atoms with van der Waals surface area (Å²) in [7, 11) is -3.83. The number of carbonyl (C=O) groups excluding carboxylic acids is 2. The molecule has 1 fully saturated rings. The van der Waals surface area contributed by atoms with Crippen LogP contribution in [0.3, 0.4) is 0 Å². The number of amides is 2. The van der Waals surface area contributed by atoms with E-state index in [0.717, 1.165) is 5.56 Å². The zero-order chi connectivity index (χ0) is 24.1. The minimum Gasteiger partial charge on any atom is -0.480 e. The van der Waals surface area contributed by atoms with Crippen molar-refractivity contribution in [2.45, 2.75) is 63.9 Å². The predicted molar refractivity (Wildman–Crippen MR) is 119 cm³/mol. The number of carboxylic acid groups (broad SMARTS) is 1. The fraction of sp³-hybridized carbons (Fsp3) is 0.591. The molecule has 3 atom stereocenters. The topological polar surface area (TPSA) is 133 Å². The van der Waals surface area contributed by atoms with Crippen LogP contribution in [0.25, 0.3) is 0 Å². The number of hydrogen-bond donors (Lipinski definition) is 3. The summed E-state index contributed by atoms with van der Waals surface area (Å²) >= 11 is 0. The molecule has 0 spiro atoms. The predicted octanol–water partition coefficient (Wildman–Crippen LogP) is 1.52. The van der Waals surface area contributed by atoms with Crippen LogP contribution in [0.15, 0.2) is 29.2 Å². The van der Waals surface area contributed by atoms with Gasteiger partial charge in [-0.2, -0.15) is 4.72 Å². The number of benzene rings is 1. The summed E-state index contributed by atoms with van der Waals surface area (Å²) in [5, 5.41) is 12.0. The number of aryl methyl sites for hydroxylation is 1. The van der Waals surface area contributed by atoms with Gasteiger partial charge in [-0.15, -0.1) is 0 Å². The monoisotopic (exact) mass is 467 g/mol. The van der Waals surface area contributed by atoms with Crippen molar-refractivity contribution in [3.8, 4) is 0 Å². The Labute approximate surface area is 189 Å². The Morgan fingerprint density at radius 2 is 1.69 bits per heavy atom. The summed E-state index contributed by atoms with van der Waals surface area (Å²) in [4.78, 5) is 38.4. The van der Waals surface area contributed by atoms with Crippen molar-refractivity contribution < 1.29 is 27.9 Å².